The zero-order valence-corrected chi connectivity index (χ0v) is 7.28. The van der Waals surface area contributed by atoms with Crippen LogP contribution in [-0.2, 0) is 4.74 Å². The van der Waals surface area contributed by atoms with Gasteiger partial charge in [-0.15, -0.1) is 0 Å². The molecule has 4 heteroatoms. The number of rotatable bonds is 4. The number of hydrogen-bond donors (Lipinski definition) is 0. The van der Waals surface area contributed by atoms with E-state index in [9.17, 15) is 0 Å². The van der Waals surface area contributed by atoms with Gasteiger partial charge in [-0.3, -0.25) is 0 Å². The molecule has 0 N–H and O–H groups in total. The van der Waals surface area contributed by atoms with E-state index in [-0.39, 0.29) is 0 Å². The normalized spacial score (nSPS) is 9.83. The summed E-state index contributed by atoms with van der Waals surface area (Å²) in [5, 5.41) is 0. The molecule has 0 saturated heterocycles. The van der Waals surface area contributed by atoms with Crippen LogP contribution in [0, 0.1) is 6.92 Å². The van der Waals surface area contributed by atoms with Crippen LogP contribution in [0.4, 0.5) is 0 Å². The second-order valence-electron chi connectivity index (χ2n) is 2.32. The maximum atomic E-state index is 5.18. The molecule has 0 aliphatic carbocycles. The predicted octanol–water partition coefficient (Wildman–Crippen LogP) is 0.810. The second-order valence-corrected chi connectivity index (χ2v) is 2.32. The van der Waals surface area contributed by atoms with E-state index in [1.807, 2.05) is 13.0 Å². The molecule has 0 unspecified atom stereocenters. The summed E-state index contributed by atoms with van der Waals surface area (Å²) < 4.78 is 9.99. The van der Waals surface area contributed by atoms with Crippen molar-refractivity contribution >= 4 is 0 Å². The third-order valence-corrected chi connectivity index (χ3v) is 1.29. The molecule has 1 aromatic heterocycles. The fourth-order valence-corrected chi connectivity index (χ4v) is 0.712. The smallest absolute Gasteiger partial charge is 0.316 e. The number of nitrogens with zero attached hydrogens (tertiary/aromatic N) is 2. The second kappa shape index (κ2) is 4.66. The van der Waals surface area contributed by atoms with Crippen molar-refractivity contribution in [3.8, 4) is 6.01 Å². The van der Waals surface area contributed by atoms with E-state index in [4.69, 9.17) is 9.47 Å². The quantitative estimate of drug-likeness (QED) is 0.624. The Kier molecular flexibility index (Phi) is 3.47. The van der Waals surface area contributed by atoms with Crippen molar-refractivity contribution in [2.75, 3.05) is 20.3 Å². The van der Waals surface area contributed by atoms with Gasteiger partial charge in [0.25, 0.3) is 0 Å². The number of ether oxygens (including phenoxy) is 2. The van der Waals surface area contributed by atoms with Crippen molar-refractivity contribution in [3.05, 3.63) is 18.0 Å². The molecule has 1 aromatic rings. The van der Waals surface area contributed by atoms with Crippen LogP contribution in [0.1, 0.15) is 5.69 Å². The molecule has 1 rings (SSSR count). The first-order valence-corrected chi connectivity index (χ1v) is 3.74. The molecule has 0 aliphatic heterocycles. The number of hydrogen-bond acceptors (Lipinski definition) is 4. The molecule has 0 amide bonds. The zero-order valence-electron chi connectivity index (χ0n) is 7.28. The van der Waals surface area contributed by atoms with Gasteiger partial charge in [-0.05, 0) is 13.0 Å². The molecule has 0 aliphatic rings. The van der Waals surface area contributed by atoms with Crippen LogP contribution < -0.4 is 4.74 Å². The lowest BCUT2D eigenvalue weighted by atomic mass is 10.5. The van der Waals surface area contributed by atoms with E-state index >= 15 is 0 Å². The molecule has 1 heterocycles. The Bertz CT molecular complexity index is 240. The minimum Gasteiger partial charge on any atom is -0.461 e. The van der Waals surface area contributed by atoms with Crippen molar-refractivity contribution in [2.24, 2.45) is 0 Å². The molecule has 4 nitrogen and oxygen atoms in total. The highest BCUT2D eigenvalue weighted by Crippen LogP contribution is 2.00. The Labute approximate surface area is 71.6 Å². The highest BCUT2D eigenvalue weighted by molar-refractivity contribution is 5.02. The highest BCUT2D eigenvalue weighted by Gasteiger charge is 1.95. The number of aryl methyl sites for hydroxylation is 1. The summed E-state index contributed by atoms with van der Waals surface area (Å²) in [7, 11) is 1.63. The number of methoxy groups -OCH3 is 1. The summed E-state index contributed by atoms with van der Waals surface area (Å²) in [6, 6.07) is 2.23. The van der Waals surface area contributed by atoms with Crippen molar-refractivity contribution in [2.45, 2.75) is 6.92 Å². The maximum Gasteiger partial charge on any atom is 0.316 e. The minimum atomic E-state index is 0.409. The summed E-state index contributed by atoms with van der Waals surface area (Å²) in [4.78, 5) is 7.98. The lowest BCUT2D eigenvalue weighted by molar-refractivity contribution is 0.140. The molecule has 0 bridgehead atoms. The third kappa shape index (κ3) is 2.84. The van der Waals surface area contributed by atoms with Gasteiger partial charge in [0.2, 0.25) is 0 Å². The van der Waals surface area contributed by atoms with Gasteiger partial charge in [0.05, 0.1) is 6.61 Å². The molecule has 0 atom stereocenters. The van der Waals surface area contributed by atoms with Gasteiger partial charge in [-0.25, -0.2) is 9.97 Å². The fourth-order valence-electron chi connectivity index (χ4n) is 0.712. The lowest BCUT2D eigenvalue weighted by Crippen LogP contribution is -2.06. The molecule has 66 valence electrons. The van der Waals surface area contributed by atoms with E-state index in [2.05, 4.69) is 9.97 Å². The Hall–Kier alpha value is -1.16. The lowest BCUT2D eigenvalue weighted by Gasteiger charge is -2.02. The molecule has 12 heavy (non-hydrogen) atoms. The Morgan fingerprint density at radius 1 is 1.42 bits per heavy atom. The van der Waals surface area contributed by atoms with Crippen LogP contribution in [-0.4, -0.2) is 30.3 Å². The highest BCUT2D eigenvalue weighted by atomic mass is 16.5. The number of aromatic nitrogens is 2. The molecular formula is C8H12N2O2. The first-order chi connectivity index (χ1) is 5.83. The largest absolute Gasteiger partial charge is 0.461 e. The minimum absolute atomic E-state index is 0.409. The van der Waals surface area contributed by atoms with Crippen molar-refractivity contribution < 1.29 is 9.47 Å². The van der Waals surface area contributed by atoms with Gasteiger partial charge in [-0.1, -0.05) is 0 Å². The topological polar surface area (TPSA) is 44.2 Å². The van der Waals surface area contributed by atoms with Gasteiger partial charge in [-0.2, -0.15) is 0 Å². The summed E-state index contributed by atoms with van der Waals surface area (Å²) >= 11 is 0. The van der Waals surface area contributed by atoms with E-state index in [1.54, 1.807) is 13.3 Å². The Morgan fingerprint density at radius 2 is 2.25 bits per heavy atom. The molecule has 0 spiro atoms. The molecular weight excluding hydrogens is 156 g/mol. The van der Waals surface area contributed by atoms with Gasteiger partial charge < -0.3 is 9.47 Å². The Morgan fingerprint density at radius 3 is 2.92 bits per heavy atom. The average molecular weight is 168 g/mol. The predicted molar refractivity (Wildman–Crippen MR) is 44.1 cm³/mol. The molecule has 0 radical (unpaired) electrons. The van der Waals surface area contributed by atoms with Crippen LogP contribution in [0.5, 0.6) is 6.01 Å². The summed E-state index contributed by atoms with van der Waals surface area (Å²) in [6.07, 6.45) is 1.67. The third-order valence-electron chi connectivity index (χ3n) is 1.29. The Balaban J connectivity index is 2.41. The van der Waals surface area contributed by atoms with Crippen LogP contribution >= 0.6 is 0 Å². The average Bonchev–Trinajstić information content (AvgIpc) is 2.05. The van der Waals surface area contributed by atoms with E-state index in [0.29, 0.717) is 19.2 Å². The van der Waals surface area contributed by atoms with E-state index < -0.39 is 0 Å². The van der Waals surface area contributed by atoms with Gasteiger partial charge in [0.1, 0.15) is 6.61 Å². The van der Waals surface area contributed by atoms with Crippen molar-refractivity contribution in [1.29, 1.82) is 0 Å². The molecule has 0 aromatic carbocycles. The van der Waals surface area contributed by atoms with E-state index in [1.165, 1.54) is 0 Å². The van der Waals surface area contributed by atoms with Crippen LogP contribution in [0.15, 0.2) is 12.3 Å². The SMILES string of the molecule is COCCOc1nccc(C)n1. The van der Waals surface area contributed by atoms with Crippen molar-refractivity contribution in [3.63, 3.8) is 0 Å². The van der Waals surface area contributed by atoms with Crippen LogP contribution in [0.25, 0.3) is 0 Å². The standard InChI is InChI=1S/C8H12N2O2/c1-7-3-4-9-8(10-7)12-6-5-11-2/h3-4H,5-6H2,1-2H3. The van der Waals surface area contributed by atoms with E-state index in [0.717, 1.165) is 5.69 Å². The first kappa shape index (κ1) is 8.93. The summed E-state index contributed by atoms with van der Waals surface area (Å²) in [5.41, 5.74) is 0.900. The molecule has 0 saturated carbocycles. The molecule has 0 fully saturated rings. The van der Waals surface area contributed by atoms with Gasteiger partial charge in [0, 0.05) is 19.0 Å². The fraction of sp³-hybridized carbons (Fsp3) is 0.500. The monoisotopic (exact) mass is 168 g/mol. The maximum absolute atomic E-state index is 5.18. The van der Waals surface area contributed by atoms with Gasteiger partial charge >= 0.3 is 6.01 Å². The van der Waals surface area contributed by atoms with Crippen LogP contribution in [0.3, 0.4) is 0 Å². The van der Waals surface area contributed by atoms with Crippen molar-refractivity contribution in [1.82, 2.24) is 9.97 Å². The first-order valence-electron chi connectivity index (χ1n) is 3.74. The summed E-state index contributed by atoms with van der Waals surface area (Å²) in [6.45, 7) is 2.93. The summed E-state index contributed by atoms with van der Waals surface area (Å²) in [5.74, 6) is 0. The zero-order chi connectivity index (χ0) is 8.81. The van der Waals surface area contributed by atoms with Crippen LogP contribution in [0.2, 0.25) is 0 Å². The van der Waals surface area contributed by atoms with Gasteiger partial charge in [0.15, 0.2) is 0 Å².